The van der Waals surface area contributed by atoms with Gasteiger partial charge in [-0.05, 0) is 87.1 Å². The van der Waals surface area contributed by atoms with Crippen LogP contribution in [0.4, 0.5) is 4.39 Å². The second-order valence-electron chi connectivity index (χ2n) is 8.64. The summed E-state index contributed by atoms with van der Waals surface area (Å²) in [6.45, 7) is 6.46. The van der Waals surface area contributed by atoms with Gasteiger partial charge in [0.2, 0.25) is 0 Å². The number of aryl methyl sites for hydroxylation is 1. The molecule has 0 spiro atoms. The van der Waals surface area contributed by atoms with Crippen LogP contribution in [0.25, 0.3) is 10.9 Å². The number of aromatic nitrogens is 1. The van der Waals surface area contributed by atoms with Gasteiger partial charge in [-0.15, -0.1) is 0 Å². The number of hydrogen-bond donors (Lipinski definition) is 1. The molecular formula is C26H33FN2O. The van der Waals surface area contributed by atoms with Gasteiger partial charge in [-0.2, -0.15) is 0 Å². The molecule has 0 bridgehead atoms. The summed E-state index contributed by atoms with van der Waals surface area (Å²) < 4.78 is 15.0. The number of aromatic amines is 1. The Balaban J connectivity index is 2.09. The molecule has 0 saturated heterocycles. The van der Waals surface area contributed by atoms with Gasteiger partial charge in [-0.1, -0.05) is 44.2 Å². The molecule has 3 nitrogen and oxygen atoms in total. The molecule has 0 aliphatic carbocycles. The fraction of sp³-hybridized carbons (Fsp3) is 0.423. The summed E-state index contributed by atoms with van der Waals surface area (Å²) in [6.07, 6.45) is 2.08. The largest absolute Gasteiger partial charge is 0.322 e. The fourth-order valence-corrected chi connectivity index (χ4v) is 3.95. The summed E-state index contributed by atoms with van der Waals surface area (Å²) in [5.41, 5.74) is 3.35. The van der Waals surface area contributed by atoms with Crippen LogP contribution in [-0.2, 0) is 12.1 Å². The van der Waals surface area contributed by atoms with Crippen LogP contribution in [0.2, 0.25) is 0 Å². The van der Waals surface area contributed by atoms with Gasteiger partial charge in [-0.25, -0.2) is 4.39 Å². The van der Waals surface area contributed by atoms with E-state index in [9.17, 15) is 9.18 Å². The average Bonchev–Trinajstić information content (AvgIpc) is 2.73. The van der Waals surface area contributed by atoms with Crippen molar-refractivity contribution < 1.29 is 4.39 Å². The second-order valence-corrected chi connectivity index (χ2v) is 8.64. The molecule has 1 N–H and O–H groups in total. The summed E-state index contributed by atoms with van der Waals surface area (Å²) >= 11 is 0. The van der Waals surface area contributed by atoms with Gasteiger partial charge in [0.1, 0.15) is 5.67 Å². The summed E-state index contributed by atoms with van der Waals surface area (Å²) in [5.74, 6) is 0.154. The first-order valence-corrected chi connectivity index (χ1v) is 10.8. The second kappa shape index (κ2) is 9.13. The van der Waals surface area contributed by atoms with E-state index < -0.39 is 5.67 Å². The standard InChI is InChI=1S/C26H33FN2O/c1-6-18-15-21-16-20(11-12-24(21)28-25(18)30)23(13-14-29(4)5)19-9-8-10-22(17-19)26(3,27)7-2/h8-12,15-17,23H,6-7,13-14H2,1-5H3,(H,28,30). The van der Waals surface area contributed by atoms with E-state index in [1.807, 2.05) is 44.2 Å². The number of benzene rings is 2. The lowest BCUT2D eigenvalue weighted by molar-refractivity contribution is 0.185. The predicted octanol–water partition coefficient (Wildman–Crippen LogP) is 5.77. The van der Waals surface area contributed by atoms with Crippen LogP contribution in [0.5, 0.6) is 0 Å². The molecule has 0 amide bonds. The normalized spacial score (nSPS) is 14.8. The summed E-state index contributed by atoms with van der Waals surface area (Å²) in [5, 5.41) is 1.04. The van der Waals surface area contributed by atoms with E-state index in [2.05, 4.69) is 42.2 Å². The molecule has 2 aromatic carbocycles. The van der Waals surface area contributed by atoms with Crippen LogP contribution in [-0.4, -0.2) is 30.5 Å². The van der Waals surface area contributed by atoms with Crippen LogP contribution < -0.4 is 5.56 Å². The number of hydrogen-bond acceptors (Lipinski definition) is 2. The fourth-order valence-electron chi connectivity index (χ4n) is 3.95. The van der Waals surface area contributed by atoms with Crippen molar-refractivity contribution in [2.75, 3.05) is 20.6 Å². The average molecular weight is 409 g/mol. The summed E-state index contributed by atoms with van der Waals surface area (Å²) in [4.78, 5) is 17.3. The highest BCUT2D eigenvalue weighted by atomic mass is 19.1. The number of rotatable bonds is 8. The van der Waals surface area contributed by atoms with Gasteiger partial charge < -0.3 is 9.88 Å². The number of nitrogens with zero attached hydrogens (tertiary/aromatic N) is 1. The van der Waals surface area contributed by atoms with Crippen molar-refractivity contribution in [3.05, 3.63) is 81.1 Å². The maximum atomic E-state index is 15.0. The first-order valence-electron chi connectivity index (χ1n) is 10.8. The third-order valence-corrected chi connectivity index (χ3v) is 6.15. The molecule has 3 rings (SSSR count). The molecule has 1 aromatic heterocycles. The Bertz CT molecular complexity index is 1070. The smallest absolute Gasteiger partial charge is 0.251 e. The maximum absolute atomic E-state index is 15.0. The molecule has 2 atom stereocenters. The molecule has 0 radical (unpaired) electrons. The van der Waals surface area contributed by atoms with E-state index in [0.29, 0.717) is 12.8 Å². The van der Waals surface area contributed by atoms with E-state index in [1.54, 1.807) is 6.92 Å². The van der Waals surface area contributed by atoms with E-state index in [-0.39, 0.29) is 11.5 Å². The number of nitrogens with one attached hydrogen (secondary N) is 1. The van der Waals surface area contributed by atoms with Gasteiger partial charge in [0.25, 0.3) is 5.56 Å². The highest BCUT2D eigenvalue weighted by Crippen LogP contribution is 2.35. The quantitative estimate of drug-likeness (QED) is 0.514. The van der Waals surface area contributed by atoms with E-state index >= 15 is 0 Å². The number of halogens is 1. The van der Waals surface area contributed by atoms with Crippen molar-refractivity contribution in [2.24, 2.45) is 0 Å². The van der Waals surface area contributed by atoms with Crippen LogP contribution in [0.3, 0.4) is 0 Å². The number of alkyl halides is 1. The van der Waals surface area contributed by atoms with Crippen LogP contribution in [0.15, 0.2) is 53.3 Å². The molecular weight excluding hydrogens is 375 g/mol. The number of fused-ring (bicyclic) bond motifs is 1. The van der Waals surface area contributed by atoms with Crippen molar-refractivity contribution in [1.82, 2.24) is 9.88 Å². The zero-order valence-electron chi connectivity index (χ0n) is 18.8. The first-order chi connectivity index (χ1) is 14.2. The molecule has 0 aliphatic heterocycles. The molecule has 30 heavy (non-hydrogen) atoms. The predicted molar refractivity (Wildman–Crippen MR) is 124 cm³/mol. The Morgan fingerprint density at radius 2 is 1.80 bits per heavy atom. The molecule has 2 unspecified atom stereocenters. The van der Waals surface area contributed by atoms with E-state index in [1.165, 1.54) is 5.56 Å². The molecule has 160 valence electrons. The number of pyridine rings is 1. The molecule has 0 fully saturated rings. The van der Waals surface area contributed by atoms with E-state index in [0.717, 1.165) is 40.6 Å². The topological polar surface area (TPSA) is 36.1 Å². The third-order valence-electron chi connectivity index (χ3n) is 6.15. The zero-order chi connectivity index (χ0) is 21.9. The highest BCUT2D eigenvalue weighted by Gasteiger charge is 2.25. The Kier molecular flexibility index (Phi) is 6.77. The third kappa shape index (κ3) is 4.81. The molecule has 3 aromatic rings. The first kappa shape index (κ1) is 22.2. The molecule has 1 heterocycles. The highest BCUT2D eigenvalue weighted by molar-refractivity contribution is 5.80. The van der Waals surface area contributed by atoms with Crippen molar-refractivity contribution >= 4 is 10.9 Å². The molecule has 4 heteroatoms. The van der Waals surface area contributed by atoms with Crippen LogP contribution >= 0.6 is 0 Å². The minimum absolute atomic E-state index is 0.0172. The van der Waals surface area contributed by atoms with E-state index in [4.69, 9.17) is 0 Å². The maximum Gasteiger partial charge on any atom is 0.251 e. The monoisotopic (exact) mass is 408 g/mol. The summed E-state index contributed by atoms with van der Waals surface area (Å²) in [6, 6.07) is 16.2. The van der Waals surface area contributed by atoms with Crippen molar-refractivity contribution in [3.63, 3.8) is 0 Å². The molecule has 0 saturated carbocycles. The molecule has 0 aliphatic rings. The number of H-pyrrole nitrogens is 1. The lowest BCUT2D eigenvalue weighted by Gasteiger charge is -2.24. The lowest BCUT2D eigenvalue weighted by atomic mass is 9.84. The van der Waals surface area contributed by atoms with Gasteiger partial charge in [0.15, 0.2) is 0 Å². The SMILES string of the molecule is CCc1cc2cc(C(CCN(C)C)c3cccc(C(C)(F)CC)c3)ccc2[nH]c1=O. The Labute approximate surface area is 178 Å². The minimum atomic E-state index is -1.33. The van der Waals surface area contributed by atoms with Crippen molar-refractivity contribution in [3.8, 4) is 0 Å². The van der Waals surface area contributed by atoms with Gasteiger partial charge in [0, 0.05) is 17.0 Å². The van der Waals surface area contributed by atoms with Crippen molar-refractivity contribution in [2.45, 2.75) is 51.6 Å². The minimum Gasteiger partial charge on any atom is -0.322 e. The summed E-state index contributed by atoms with van der Waals surface area (Å²) in [7, 11) is 4.14. The Morgan fingerprint density at radius 3 is 2.47 bits per heavy atom. The van der Waals surface area contributed by atoms with Gasteiger partial charge in [-0.3, -0.25) is 4.79 Å². The van der Waals surface area contributed by atoms with Gasteiger partial charge in [0.05, 0.1) is 0 Å². The zero-order valence-corrected chi connectivity index (χ0v) is 18.8. The van der Waals surface area contributed by atoms with Crippen molar-refractivity contribution in [1.29, 1.82) is 0 Å². The van der Waals surface area contributed by atoms with Crippen LogP contribution in [0, 0.1) is 0 Å². The van der Waals surface area contributed by atoms with Gasteiger partial charge >= 0.3 is 0 Å². The van der Waals surface area contributed by atoms with Crippen LogP contribution in [0.1, 0.15) is 61.8 Å². The lowest BCUT2D eigenvalue weighted by Crippen LogP contribution is -2.18. The Hall–Kier alpha value is -2.46. The Morgan fingerprint density at radius 1 is 1.07 bits per heavy atom.